The van der Waals surface area contributed by atoms with Crippen molar-refractivity contribution in [2.24, 2.45) is 5.92 Å². The number of rotatable bonds is 6. The third-order valence-electron chi connectivity index (χ3n) is 4.71. The third kappa shape index (κ3) is 4.69. The molecule has 25 heavy (non-hydrogen) atoms. The number of carbonyl (C=O) groups is 1. The summed E-state index contributed by atoms with van der Waals surface area (Å²) in [6, 6.07) is 10.3. The molecule has 1 amide bonds. The van der Waals surface area contributed by atoms with Crippen molar-refractivity contribution < 1.29 is 9.53 Å². The minimum absolute atomic E-state index is 0.123. The molecule has 0 bridgehead atoms. The monoisotopic (exact) mass is 341 g/mol. The molecule has 1 aliphatic heterocycles. The highest BCUT2D eigenvalue weighted by Crippen LogP contribution is 2.22. The number of amides is 1. The van der Waals surface area contributed by atoms with Crippen molar-refractivity contribution in [2.45, 2.75) is 39.3 Å². The van der Waals surface area contributed by atoms with E-state index in [0.29, 0.717) is 13.2 Å². The van der Waals surface area contributed by atoms with Gasteiger partial charge in [-0.25, -0.2) is 0 Å². The van der Waals surface area contributed by atoms with Gasteiger partial charge in [-0.15, -0.1) is 0 Å². The maximum Gasteiger partial charge on any atom is 0.227 e. The van der Waals surface area contributed by atoms with Gasteiger partial charge in [-0.2, -0.15) is 5.10 Å². The number of aryl methyl sites for hydroxylation is 1. The standard InChI is InChI=1S/C20H27N3O2/c1-16-11-21-23(12-16)19-9-6-10-22(13-19)20(24)17(2)14-25-15-18-7-4-3-5-8-18/h3-5,7-8,11-12,17,19H,6,9-10,13-15H2,1-2H3/t17-,19-/m1/s1. The Morgan fingerprint density at radius 2 is 2.16 bits per heavy atom. The van der Waals surface area contributed by atoms with E-state index in [0.717, 1.165) is 37.1 Å². The van der Waals surface area contributed by atoms with Crippen LogP contribution in [0.4, 0.5) is 0 Å². The van der Waals surface area contributed by atoms with Crippen LogP contribution in [-0.4, -0.2) is 40.3 Å². The van der Waals surface area contributed by atoms with Crippen LogP contribution >= 0.6 is 0 Å². The zero-order chi connectivity index (χ0) is 17.6. The molecule has 0 aliphatic carbocycles. The molecule has 3 rings (SSSR count). The summed E-state index contributed by atoms with van der Waals surface area (Å²) in [6.45, 7) is 6.57. The third-order valence-corrected chi connectivity index (χ3v) is 4.71. The normalized spacial score (nSPS) is 19.0. The molecule has 0 N–H and O–H groups in total. The first-order chi connectivity index (χ1) is 12.1. The summed E-state index contributed by atoms with van der Waals surface area (Å²) < 4.78 is 7.75. The molecule has 134 valence electrons. The Kier molecular flexibility index (Phi) is 5.87. The molecule has 2 aromatic rings. The summed E-state index contributed by atoms with van der Waals surface area (Å²) in [5.41, 5.74) is 2.29. The van der Waals surface area contributed by atoms with Crippen LogP contribution in [0.2, 0.25) is 0 Å². The lowest BCUT2D eigenvalue weighted by molar-refractivity contribution is -0.138. The number of hydrogen-bond donors (Lipinski definition) is 0. The Hall–Kier alpha value is -2.14. The van der Waals surface area contributed by atoms with E-state index in [1.807, 2.05) is 60.0 Å². The van der Waals surface area contributed by atoms with Crippen LogP contribution in [0, 0.1) is 12.8 Å². The summed E-state index contributed by atoms with van der Waals surface area (Å²) in [4.78, 5) is 14.7. The number of benzene rings is 1. The quantitative estimate of drug-likeness (QED) is 0.810. The summed E-state index contributed by atoms with van der Waals surface area (Å²) in [5.74, 6) is 0.0588. The number of ether oxygens (including phenoxy) is 1. The molecule has 5 heteroatoms. The Labute approximate surface area is 149 Å². The number of hydrogen-bond acceptors (Lipinski definition) is 3. The van der Waals surface area contributed by atoms with Gasteiger partial charge in [-0.05, 0) is 30.9 Å². The molecule has 1 fully saturated rings. The highest BCUT2D eigenvalue weighted by molar-refractivity contribution is 5.78. The molecule has 2 heterocycles. The number of nitrogens with zero attached hydrogens (tertiary/aromatic N) is 3. The summed E-state index contributed by atoms with van der Waals surface area (Å²) in [7, 11) is 0. The lowest BCUT2D eigenvalue weighted by Crippen LogP contribution is -2.44. The second-order valence-corrected chi connectivity index (χ2v) is 6.98. The first kappa shape index (κ1) is 17.7. The first-order valence-electron chi connectivity index (χ1n) is 9.04. The topological polar surface area (TPSA) is 47.4 Å². The molecule has 1 saturated heterocycles. The van der Waals surface area contributed by atoms with Crippen molar-refractivity contribution in [1.82, 2.24) is 14.7 Å². The van der Waals surface area contributed by atoms with Crippen LogP contribution in [0.15, 0.2) is 42.7 Å². The fourth-order valence-corrected chi connectivity index (χ4v) is 3.31. The summed E-state index contributed by atoms with van der Waals surface area (Å²) in [5, 5.41) is 4.42. The van der Waals surface area contributed by atoms with Gasteiger partial charge in [0.05, 0.1) is 31.4 Å². The van der Waals surface area contributed by atoms with E-state index in [-0.39, 0.29) is 17.9 Å². The van der Waals surface area contributed by atoms with E-state index in [9.17, 15) is 4.79 Å². The lowest BCUT2D eigenvalue weighted by atomic mass is 10.0. The van der Waals surface area contributed by atoms with Crippen molar-refractivity contribution in [3.63, 3.8) is 0 Å². The zero-order valence-electron chi connectivity index (χ0n) is 15.1. The van der Waals surface area contributed by atoms with Crippen LogP contribution in [0.5, 0.6) is 0 Å². The number of aromatic nitrogens is 2. The Balaban J connectivity index is 1.49. The van der Waals surface area contributed by atoms with E-state index in [2.05, 4.69) is 11.3 Å². The van der Waals surface area contributed by atoms with Crippen LogP contribution in [0.3, 0.4) is 0 Å². The van der Waals surface area contributed by atoms with E-state index >= 15 is 0 Å². The molecular weight excluding hydrogens is 314 g/mol. The van der Waals surface area contributed by atoms with Gasteiger partial charge >= 0.3 is 0 Å². The van der Waals surface area contributed by atoms with Crippen molar-refractivity contribution >= 4 is 5.91 Å². The smallest absolute Gasteiger partial charge is 0.227 e. The Morgan fingerprint density at radius 3 is 2.88 bits per heavy atom. The highest BCUT2D eigenvalue weighted by atomic mass is 16.5. The molecule has 1 aromatic carbocycles. The Morgan fingerprint density at radius 1 is 1.36 bits per heavy atom. The van der Waals surface area contributed by atoms with Gasteiger partial charge in [0, 0.05) is 19.3 Å². The molecular formula is C20H27N3O2. The van der Waals surface area contributed by atoms with Gasteiger partial charge < -0.3 is 9.64 Å². The van der Waals surface area contributed by atoms with E-state index in [1.54, 1.807) is 0 Å². The second kappa shape index (κ2) is 8.30. The highest BCUT2D eigenvalue weighted by Gasteiger charge is 2.28. The average Bonchev–Trinajstić information content (AvgIpc) is 3.08. The molecule has 0 spiro atoms. The van der Waals surface area contributed by atoms with Crippen LogP contribution in [0.1, 0.15) is 36.9 Å². The second-order valence-electron chi connectivity index (χ2n) is 6.98. The van der Waals surface area contributed by atoms with Crippen LogP contribution in [-0.2, 0) is 16.1 Å². The molecule has 0 radical (unpaired) electrons. The zero-order valence-corrected chi connectivity index (χ0v) is 15.1. The van der Waals surface area contributed by atoms with E-state index in [4.69, 9.17) is 4.74 Å². The molecule has 2 atom stereocenters. The predicted molar refractivity (Wildman–Crippen MR) is 97.1 cm³/mol. The van der Waals surface area contributed by atoms with Crippen molar-refractivity contribution in [1.29, 1.82) is 0 Å². The van der Waals surface area contributed by atoms with Crippen molar-refractivity contribution in [3.05, 3.63) is 53.9 Å². The van der Waals surface area contributed by atoms with Gasteiger partial charge in [0.1, 0.15) is 0 Å². The largest absolute Gasteiger partial charge is 0.376 e. The Bertz CT molecular complexity index is 683. The van der Waals surface area contributed by atoms with Gasteiger partial charge in [0.15, 0.2) is 0 Å². The average molecular weight is 341 g/mol. The van der Waals surface area contributed by atoms with Gasteiger partial charge in [-0.3, -0.25) is 9.48 Å². The predicted octanol–water partition coefficient (Wildman–Crippen LogP) is 3.21. The SMILES string of the molecule is Cc1cnn([C@@H]2CCCN(C(=O)[C@H](C)COCc3ccccc3)C2)c1. The lowest BCUT2D eigenvalue weighted by Gasteiger charge is -2.34. The first-order valence-corrected chi connectivity index (χ1v) is 9.04. The van der Waals surface area contributed by atoms with Crippen LogP contribution in [0.25, 0.3) is 0 Å². The molecule has 5 nitrogen and oxygen atoms in total. The number of carbonyl (C=O) groups excluding carboxylic acids is 1. The van der Waals surface area contributed by atoms with Gasteiger partial charge in [0.2, 0.25) is 5.91 Å². The minimum Gasteiger partial charge on any atom is -0.376 e. The van der Waals surface area contributed by atoms with Crippen molar-refractivity contribution in [2.75, 3.05) is 19.7 Å². The fourth-order valence-electron chi connectivity index (χ4n) is 3.31. The van der Waals surface area contributed by atoms with Crippen molar-refractivity contribution in [3.8, 4) is 0 Å². The fraction of sp³-hybridized carbons (Fsp3) is 0.500. The molecule has 1 aromatic heterocycles. The van der Waals surface area contributed by atoms with Crippen LogP contribution < -0.4 is 0 Å². The number of likely N-dealkylation sites (tertiary alicyclic amines) is 1. The maximum absolute atomic E-state index is 12.7. The molecule has 0 unspecified atom stereocenters. The van der Waals surface area contributed by atoms with E-state index < -0.39 is 0 Å². The van der Waals surface area contributed by atoms with Gasteiger partial charge in [0.25, 0.3) is 0 Å². The minimum atomic E-state index is -0.123. The summed E-state index contributed by atoms with van der Waals surface area (Å²) in [6.07, 6.45) is 6.03. The molecule has 1 aliphatic rings. The maximum atomic E-state index is 12.7. The van der Waals surface area contributed by atoms with E-state index in [1.165, 1.54) is 0 Å². The number of piperidine rings is 1. The van der Waals surface area contributed by atoms with Gasteiger partial charge in [-0.1, -0.05) is 37.3 Å². The molecule has 0 saturated carbocycles. The summed E-state index contributed by atoms with van der Waals surface area (Å²) >= 11 is 0.